The lowest BCUT2D eigenvalue weighted by Crippen LogP contribution is -2.51. The maximum Gasteiger partial charge on any atom is 0.316 e. The Morgan fingerprint density at radius 3 is 0.710 bits per heavy atom. The van der Waals surface area contributed by atoms with Crippen LogP contribution in [0, 0.1) is 27.1 Å². The zero-order valence-corrected chi connectivity index (χ0v) is 39.4. The minimum atomic E-state index is -1.69. The van der Waals surface area contributed by atoms with Crippen LogP contribution >= 0.6 is 0 Å². The van der Waals surface area contributed by atoms with Crippen molar-refractivity contribution in [2.45, 2.75) is 52.9 Å². The Kier molecular flexibility index (Phi) is 15.6. The minimum Gasteiger partial charge on any atom is -0.464 e. The average molecular weight is 953 g/mol. The molecule has 4 fully saturated rings. The molecule has 0 aliphatic carbocycles. The van der Waals surface area contributed by atoms with Crippen molar-refractivity contribution in [3.05, 3.63) is 144 Å². The van der Waals surface area contributed by atoms with Gasteiger partial charge in [-0.1, -0.05) is 121 Å². The summed E-state index contributed by atoms with van der Waals surface area (Å²) in [6, 6.07) is 37.3. The Hall–Kier alpha value is -5.56. The van der Waals surface area contributed by atoms with Crippen molar-refractivity contribution in [3.8, 4) is 0 Å². The summed E-state index contributed by atoms with van der Waals surface area (Å²) in [5.41, 5.74) is -3.66. The number of ether oxygens (including phenoxy) is 12. The lowest BCUT2D eigenvalue weighted by Gasteiger charge is -2.40. The highest BCUT2D eigenvalue weighted by atomic mass is 16.7. The summed E-state index contributed by atoms with van der Waals surface area (Å²) in [6.45, 7) is 3.98. The zero-order chi connectivity index (χ0) is 48.5. The highest BCUT2D eigenvalue weighted by Crippen LogP contribution is 2.38. The second kappa shape index (κ2) is 21.6. The van der Waals surface area contributed by atoms with Crippen LogP contribution in [0.1, 0.15) is 75.1 Å². The van der Waals surface area contributed by atoms with E-state index in [1.165, 1.54) is 0 Å². The van der Waals surface area contributed by atoms with Crippen LogP contribution in [0.5, 0.6) is 0 Å². The highest BCUT2D eigenvalue weighted by molar-refractivity contribution is 5.79. The molecule has 0 atom stereocenters. The molecule has 8 rings (SSSR count). The fraction of sp³-hybridized carbons (Fsp3) is 0.472. The highest BCUT2D eigenvalue weighted by Gasteiger charge is 2.49. The molecule has 4 aromatic rings. The standard InChI is InChI=1S/C53H60O16/c1-49(25-58-41(59-26-49)37-17-9-5-10-18-37)45(54)66-33-53(34-67-46(55)50(2)27-60-42(61-28-50)38-19-11-6-12-20-38,35-68-47(56)51(3)29-62-43(63-30-51)39-21-13-7-14-22-39)36-69-48(57)52(4)31-64-44(65-32-52)40-23-15-8-16-24-40/h5-24,41-44H,25-36H2,1-4H3. The number of hydrogen-bond acceptors (Lipinski definition) is 16. The number of carbonyl (C=O) groups is 4. The summed E-state index contributed by atoms with van der Waals surface area (Å²) in [5, 5.41) is 0. The second-order valence-electron chi connectivity index (χ2n) is 19.5. The monoisotopic (exact) mass is 952 g/mol. The van der Waals surface area contributed by atoms with Gasteiger partial charge in [-0.05, 0) is 27.7 Å². The molecule has 4 aliphatic heterocycles. The van der Waals surface area contributed by atoms with E-state index in [2.05, 4.69) is 0 Å². The number of carbonyl (C=O) groups excluding carboxylic acids is 4. The molecule has 0 aromatic heterocycles. The maximum absolute atomic E-state index is 14.2. The third-order valence-electron chi connectivity index (χ3n) is 12.7. The van der Waals surface area contributed by atoms with E-state index in [1.807, 2.05) is 121 Å². The summed E-state index contributed by atoms with van der Waals surface area (Å²) < 4.78 is 72.3. The van der Waals surface area contributed by atoms with E-state index >= 15 is 0 Å². The van der Waals surface area contributed by atoms with Crippen molar-refractivity contribution in [3.63, 3.8) is 0 Å². The normalized spacial score (nSPS) is 30.2. The van der Waals surface area contributed by atoms with Crippen molar-refractivity contribution in [2.24, 2.45) is 27.1 Å². The fourth-order valence-electron chi connectivity index (χ4n) is 7.94. The average Bonchev–Trinajstić information content (AvgIpc) is 3.39. The van der Waals surface area contributed by atoms with Crippen LogP contribution < -0.4 is 0 Å². The van der Waals surface area contributed by atoms with Gasteiger partial charge in [-0.15, -0.1) is 0 Å². The number of benzene rings is 4. The molecule has 4 saturated heterocycles. The smallest absolute Gasteiger partial charge is 0.316 e. The van der Waals surface area contributed by atoms with Crippen LogP contribution in [-0.4, -0.2) is 103 Å². The van der Waals surface area contributed by atoms with Gasteiger partial charge in [-0.2, -0.15) is 0 Å². The summed E-state index contributed by atoms with van der Waals surface area (Å²) in [7, 11) is 0. The van der Waals surface area contributed by atoms with E-state index in [-0.39, 0.29) is 52.9 Å². The first-order valence-electron chi connectivity index (χ1n) is 23.0. The first-order chi connectivity index (χ1) is 33.2. The fourth-order valence-corrected chi connectivity index (χ4v) is 7.94. The summed E-state index contributed by atoms with van der Waals surface area (Å²) in [4.78, 5) is 56.6. The molecule has 0 radical (unpaired) electrons. The molecule has 0 unspecified atom stereocenters. The summed E-state index contributed by atoms with van der Waals surface area (Å²) in [6.07, 6.45) is -2.79. The topological polar surface area (TPSA) is 179 Å². The molecule has 4 aliphatic rings. The molecule has 4 aromatic carbocycles. The predicted octanol–water partition coefficient (Wildman–Crippen LogP) is 7.15. The molecular formula is C53H60O16. The van der Waals surface area contributed by atoms with Gasteiger partial charge in [-0.3, -0.25) is 19.2 Å². The van der Waals surface area contributed by atoms with Crippen molar-refractivity contribution in [1.29, 1.82) is 0 Å². The molecule has 368 valence electrons. The zero-order valence-electron chi connectivity index (χ0n) is 39.4. The van der Waals surface area contributed by atoms with Crippen LogP contribution in [-0.2, 0) is 76.0 Å². The van der Waals surface area contributed by atoms with E-state index in [9.17, 15) is 19.2 Å². The van der Waals surface area contributed by atoms with E-state index in [0.29, 0.717) is 0 Å². The molecule has 4 heterocycles. The molecular weight excluding hydrogens is 893 g/mol. The molecule has 0 amide bonds. The molecule has 0 saturated carbocycles. The van der Waals surface area contributed by atoms with Gasteiger partial charge in [-0.25, -0.2) is 0 Å². The molecule has 16 heteroatoms. The molecule has 16 nitrogen and oxygen atoms in total. The number of hydrogen-bond donors (Lipinski definition) is 0. The van der Waals surface area contributed by atoms with E-state index in [0.717, 1.165) is 22.3 Å². The Bertz CT molecular complexity index is 1980. The Labute approximate surface area is 401 Å². The predicted molar refractivity (Wildman–Crippen MR) is 243 cm³/mol. The van der Waals surface area contributed by atoms with Gasteiger partial charge in [0.15, 0.2) is 25.2 Å². The van der Waals surface area contributed by atoms with Crippen LogP contribution in [0.3, 0.4) is 0 Å². The van der Waals surface area contributed by atoms with Gasteiger partial charge in [0, 0.05) is 22.3 Å². The van der Waals surface area contributed by atoms with Crippen molar-refractivity contribution < 1.29 is 76.0 Å². The third kappa shape index (κ3) is 11.9. The van der Waals surface area contributed by atoms with Crippen LogP contribution in [0.4, 0.5) is 0 Å². The minimum absolute atomic E-state index is 0.0512. The number of esters is 4. The molecule has 0 N–H and O–H groups in total. The van der Waals surface area contributed by atoms with E-state index in [1.54, 1.807) is 27.7 Å². The van der Waals surface area contributed by atoms with E-state index < -0.39 is 103 Å². The van der Waals surface area contributed by atoms with Gasteiger partial charge in [0.2, 0.25) is 0 Å². The Balaban J connectivity index is 1.01. The van der Waals surface area contributed by atoms with Gasteiger partial charge in [0.1, 0.15) is 53.5 Å². The third-order valence-corrected chi connectivity index (χ3v) is 12.7. The molecule has 0 spiro atoms. The lowest BCUT2D eigenvalue weighted by atomic mass is 9.88. The van der Waals surface area contributed by atoms with Crippen LogP contribution in [0.2, 0.25) is 0 Å². The molecule has 69 heavy (non-hydrogen) atoms. The first kappa shape index (κ1) is 49.8. The van der Waals surface area contributed by atoms with Gasteiger partial charge in [0.25, 0.3) is 0 Å². The van der Waals surface area contributed by atoms with Gasteiger partial charge < -0.3 is 56.8 Å². The van der Waals surface area contributed by atoms with Crippen LogP contribution in [0.15, 0.2) is 121 Å². The van der Waals surface area contributed by atoms with Gasteiger partial charge >= 0.3 is 23.9 Å². The first-order valence-corrected chi connectivity index (χ1v) is 23.0. The van der Waals surface area contributed by atoms with E-state index in [4.69, 9.17) is 56.8 Å². The van der Waals surface area contributed by atoms with Crippen molar-refractivity contribution in [1.82, 2.24) is 0 Å². The van der Waals surface area contributed by atoms with Crippen molar-refractivity contribution >= 4 is 23.9 Å². The quantitative estimate of drug-likeness (QED) is 0.0816. The van der Waals surface area contributed by atoms with Gasteiger partial charge in [0.05, 0.1) is 52.9 Å². The van der Waals surface area contributed by atoms with Crippen LogP contribution in [0.25, 0.3) is 0 Å². The largest absolute Gasteiger partial charge is 0.464 e. The molecule has 0 bridgehead atoms. The summed E-state index contributed by atoms with van der Waals surface area (Å²) in [5.74, 6) is -2.85. The summed E-state index contributed by atoms with van der Waals surface area (Å²) >= 11 is 0. The second-order valence-corrected chi connectivity index (χ2v) is 19.5. The SMILES string of the molecule is CC1(C(=O)OCC(COC(=O)C2(C)COC(c3ccccc3)OC2)(COC(=O)C2(C)COC(c3ccccc3)OC2)COC(=O)C2(C)COC(c3ccccc3)OC2)COC(c2ccccc2)OC1. The lowest BCUT2D eigenvalue weighted by molar-refractivity contribution is -0.244. The van der Waals surface area contributed by atoms with Crippen molar-refractivity contribution in [2.75, 3.05) is 79.3 Å². The maximum atomic E-state index is 14.2. The Morgan fingerprint density at radius 2 is 0.536 bits per heavy atom. The number of rotatable bonds is 16. The Morgan fingerprint density at radius 1 is 0.362 bits per heavy atom.